The lowest BCUT2D eigenvalue weighted by molar-refractivity contribution is 0.322. The molecule has 0 saturated carbocycles. The monoisotopic (exact) mass is 246 g/mol. The van der Waals surface area contributed by atoms with Crippen molar-refractivity contribution >= 4 is 5.69 Å². The van der Waals surface area contributed by atoms with Gasteiger partial charge in [0.1, 0.15) is 5.75 Å². The molecular formula is C15H22N2O. The van der Waals surface area contributed by atoms with Gasteiger partial charge in [0.2, 0.25) is 0 Å². The lowest BCUT2D eigenvalue weighted by Crippen LogP contribution is -2.32. The number of hydrogen-bond donors (Lipinski definition) is 1. The van der Waals surface area contributed by atoms with Gasteiger partial charge in [0, 0.05) is 13.1 Å². The molecule has 1 fully saturated rings. The average molecular weight is 246 g/mol. The zero-order chi connectivity index (χ0) is 12.4. The molecule has 1 N–H and O–H groups in total. The minimum Gasteiger partial charge on any atom is -0.491 e. The number of nitrogens with one attached hydrogen (secondary N) is 1. The normalized spacial score (nSPS) is 27.5. The number of nitrogens with zero attached hydrogens (tertiary/aromatic N) is 1. The third-order valence-electron chi connectivity index (χ3n) is 4.17. The first-order valence-corrected chi connectivity index (χ1v) is 7.02. The van der Waals surface area contributed by atoms with E-state index >= 15 is 0 Å². The first-order chi connectivity index (χ1) is 8.84. The number of para-hydroxylation sites is 2. The fraction of sp³-hybridized carbons (Fsp3) is 0.600. The minimum atomic E-state index is 0.760. The minimum absolute atomic E-state index is 0.760. The van der Waals surface area contributed by atoms with E-state index in [1.54, 1.807) is 0 Å². The summed E-state index contributed by atoms with van der Waals surface area (Å²) < 4.78 is 5.81. The number of hydrogen-bond acceptors (Lipinski definition) is 3. The van der Waals surface area contributed by atoms with Crippen LogP contribution in [0, 0.1) is 11.8 Å². The largest absolute Gasteiger partial charge is 0.491 e. The fourth-order valence-electron chi connectivity index (χ4n) is 2.98. The van der Waals surface area contributed by atoms with Crippen molar-refractivity contribution < 1.29 is 4.74 Å². The molecule has 3 rings (SSSR count). The molecule has 1 saturated heterocycles. The number of ether oxygens (including phenoxy) is 1. The molecule has 2 aliphatic rings. The van der Waals surface area contributed by atoms with Crippen LogP contribution in [0.4, 0.5) is 5.69 Å². The summed E-state index contributed by atoms with van der Waals surface area (Å²) in [6.45, 7) is 7.77. The van der Waals surface area contributed by atoms with E-state index in [4.69, 9.17) is 4.74 Å². The van der Waals surface area contributed by atoms with Gasteiger partial charge in [-0.25, -0.2) is 0 Å². The van der Waals surface area contributed by atoms with Crippen LogP contribution < -0.4 is 15.0 Å². The maximum absolute atomic E-state index is 5.81. The molecular weight excluding hydrogens is 224 g/mol. The van der Waals surface area contributed by atoms with Crippen LogP contribution in [0.3, 0.4) is 0 Å². The Bertz CT molecular complexity index is 407. The topological polar surface area (TPSA) is 24.5 Å². The molecule has 2 atom stereocenters. The first kappa shape index (κ1) is 11.8. The van der Waals surface area contributed by atoms with E-state index in [-0.39, 0.29) is 0 Å². The number of fused-ring (bicyclic) bond motifs is 1. The number of benzene rings is 1. The second-order valence-electron chi connectivity index (χ2n) is 5.51. The maximum Gasteiger partial charge on any atom is 0.142 e. The van der Waals surface area contributed by atoms with E-state index in [1.807, 2.05) is 0 Å². The third-order valence-corrected chi connectivity index (χ3v) is 4.17. The van der Waals surface area contributed by atoms with Crippen molar-refractivity contribution in [3.63, 3.8) is 0 Å². The smallest absolute Gasteiger partial charge is 0.142 e. The Morgan fingerprint density at radius 3 is 3.06 bits per heavy atom. The Labute approximate surface area is 109 Å². The molecule has 2 aliphatic heterocycles. The van der Waals surface area contributed by atoms with Crippen molar-refractivity contribution in [2.24, 2.45) is 11.8 Å². The first-order valence-electron chi connectivity index (χ1n) is 7.02. The lowest BCUT2D eigenvalue weighted by Gasteiger charge is -2.28. The van der Waals surface area contributed by atoms with E-state index in [1.165, 1.54) is 5.69 Å². The van der Waals surface area contributed by atoms with Gasteiger partial charge in [-0.05, 0) is 43.5 Å². The van der Waals surface area contributed by atoms with E-state index in [2.05, 4.69) is 41.4 Å². The van der Waals surface area contributed by atoms with Gasteiger partial charge in [-0.1, -0.05) is 19.1 Å². The molecule has 0 aliphatic carbocycles. The van der Waals surface area contributed by atoms with Crippen molar-refractivity contribution in [1.82, 2.24) is 5.32 Å². The molecule has 0 spiro atoms. The van der Waals surface area contributed by atoms with Crippen molar-refractivity contribution in [1.29, 1.82) is 0 Å². The van der Waals surface area contributed by atoms with Crippen molar-refractivity contribution in [3.8, 4) is 5.75 Å². The van der Waals surface area contributed by atoms with Crippen molar-refractivity contribution in [2.45, 2.75) is 13.3 Å². The molecule has 98 valence electrons. The third kappa shape index (κ3) is 2.32. The summed E-state index contributed by atoms with van der Waals surface area (Å²) in [5.74, 6) is 2.59. The molecule has 0 radical (unpaired) electrons. The van der Waals surface area contributed by atoms with Crippen LogP contribution in [0.25, 0.3) is 0 Å². The lowest BCUT2D eigenvalue weighted by atomic mass is 9.97. The molecule has 1 aromatic carbocycles. The fourth-order valence-corrected chi connectivity index (χ4v) is 2.98. The van der Waals surface area contributed by atoms with Gasteiger partial charge in [0.25, 0.3) is 0 Å². The Balaban J connectivity index is 1.79. The highest BCUT2D eigenvalue weighted by molar-refractivity contribution is 5.59. The quantitative estimate of drug-likeness (QED) is 0.865. The van der Waals surface area contributed by atoms with Crippen molar-refractivity contribution in [2.75, 3.05) is 37.7 Å². The van der Waals surface area contributed by atoms with Crippen LogP contribution in [0.2, 0.25) is 0 Å². The van der Waals surface area contributed by atoms with Crippen LogP contribution in [0.5, 0.6) is 5.75 Å². The SMILES string of the molecule is CC1CNCC1CN1CCCOc2ccccc21. The molecule has 3 heteroatoms. The molecule has 2 unspecified atom stereocenters. The number of rotatable bonds is 2. The summed E-state index contributed by atoms with van der Waals surface area (Å²) in [6, 6.07) is 8.44. The predicted octanol–water partition coefficient (Wildman–Crippen LogP) is 2.13. The van der Waals surface area contributed by atoms with Gasteiger partial charge in [-0.15, -0.1) is 0 Å². The zero-order valence-corrected chi connectivity index (χ0v) is 11.1. The van der Waals surface area contributed by atoms with Gasteiger partial charge in [0.15, 0.2) is 0 Å². The van der Waals surface area contributed by atoms with Crippen LogP contribution in [-0.2, 0) is 0 Å². The summed E-state index contributed by atoms with van der Waals surface area (Å²) in [6.07, 6.45) is 1.11. The highest BCUT2D eigenvalue weighted by atomic mass is 16.5. The number of anilines is 1. The molecule has 18 heavy (non-hydrogen) atoms. The molecule has 1 aromatic rings. The van der Waals surface area contributed by atoms with E-state index in [0.717, 1.165) is 56.8 Å². The summed E-state index contributed by atoms with van der Waals surface area (Å²) in [7, 11) is 0. The van der Waals surface area contributed by atoms with Crippen LogP contribution >= 0.6 is 0 Å². The Morgan fingerprint density at radius 1 is 1.33 bits per heavy atom. The average Bonchev–Trinajstić information content (AvgIpc) is 2.68. The highest BCUT2D eigenvalue weighted by Gasteiger charge is 2.26. The van der Waals surface area contributed by atoms with Crippen LogP contribution in [-0.4, -0.2) is 32.8 Å². The molecule has 3 nitrogen and oxygen atoms in total. The Hall–Kier alpha value is -1.22. The van der Waals surface area contributed by atoms with Crippen LogP contribution in [0.1, 0.15) is 13.3 Å². The standard InChI is InChI=1S/C15H22N2O/c1-12-9-16-10-13(12)11-17-7-4-8-18-15-6-3-2-5-14(15)17/h2-3,5-6,12-13,16H,4,7-11H2,1H3. The summed E-state index contributed by atoms with van der Waals surface area (Å²) in [4.78, 5) is 2.51. The van der Waals surface area contributed by atoms with Gasteiger partial charge in [-0.2, -0.15) is 0 Å². The zero-order valence-electron chi connectivity index (χ0n) is 11.1. The molecule has 0 amide bonds. The van der Waals surface area contributed by atoms with E-state index in [0.29, 0.717) is 0 Å². The summed E-state index contributed by atoms with van der Waals surface area (Å²) in [5.41, 5.74) is 1.27. The Kier molecular flexibility index (Phi) is 3.41. The van der Waals surface area contributed by atoms with Gasteiger partial charge < -0.3 is 15.0 Å². The molecule has 2 heterocycles. The maximum atomic E-state index is 5.81. The second kappa shape index (κ2) is 5.19. The van der Waals surface area contributed by atoms with Crippen LogP contribution in [0.15, 0.2) is 24.3 Å². The summed E-state index contributed by atoms with van der Waals surface area (Å²) in [5, 5.41) is 3.49. The van der Waals surface area contributed by atoms with Gasteiger partial charge >= 0.3 is 0 Å². The molecule has 0 aromatic heterocycles. The van der Waals surface area contributed by atoms with E-state index in [9.17, 15) is 0 Å². The second-order valence-corrected chi connectivity index (χ2v) is 5.51. The highest BCUT2D eigenvalue weighted by Crippen LogP contribution is 2.32. The van der Waals surface area contributed by atoms with Gasteiger partial charge in [0.05, 0.1) is 12.3 Å². The van der Waals surface area contributed by atoms with Crippen molar-refractivity contribution in [3.05, 3.63) is 24.3 Å². The van der Waals surface area contributed by atoms with Gasteiger partial charge in [-0.3, -0.25) is 0 Å². The summed E-state index contributed by atoms with van der Waals surface area (Å²) >= 11 is 0. The predicted molar refractivity (Wildman–Crippen MR) is 74.3 cm³/mol. The molecule has 0 bridgehead atoms. The van der Waals surface area contributed by atoms with E-state index < -0.39 is 0 Å². The Morgan fingerprint density at radius 2 is 2.22 bits per heavy atom.